The molecule has 2 atom stereocenters. The summed E-state index contributed by atoms with van der Waals surface area (Å²) in [6, 6.07) is 0. The zero-order valence-electron chi connectivity index (χ0n) is 6.68. The Morgan fingerprint density at radius 2 is 2.36 bits per heavy atom. The number of rotatable bonds is 2. The van der Waals surface area contributed by atoms with Crippen LogP contribution in [0.5, 0.6) is 0 Å². The molecule has 2 unspecified atom stereocenters. The van der Waals surface area contributed by atoms with Crippen LogP contribution in [0.4, 0.5) is 0 Å². The van der Waals surface area contributed by atoms with Crippen LogP contribution in [-0.4, -0.2) is 25.8 Å². The first kappa shape index (κ1) is 11.2. The predicted octanol–water partition coefficient (Wildman–Crippen LogP) is 1.54. The summed E-state index contributed by atoms with van der Waals surface area (Å²) in [5.74, 6) is -1.26. The van der Waals surface area contributed by atoms with Crippen LogP contribution in [0.2, 0.25) is 0 Å². The predicted molar refractivity (Wildman–Crippen MR) is 53.2 cm³/mol. The minimum atomic E-state index is -1.74. The number of nitrogens with zero attached hydrogens (tertiary/aromatic N) is 1. The van der Waals surface area contributed by atoms with E-state index >= 15 is 0 Å². The molecule has 0 saturated carbocycles. The number of carboxylic acids is 1. The first-order valence-electron chi connectivity index (χ1n) is 3.50. The quantitative estimate of drug-likeness (QED) is 0.360. The fourth-order valence-electron chi connectivity index (χ4n) is 1.01. The smallest absolute Gasteiger partial charge is 0.333 e. The Morgan fingerprint density at radius 1 is 1.79 bits per heavy atom. The fraction of sp³-hybridized carbons (Fsp3) is 0.286. The normalized spacial score (nSPS) is 31.0. The molecule has 0 saturated heterocycles. The van der Waals surface area contributed by atoms with Gasteiger partial charge in [-0.15, -0.1) is 11.6 Å². The van der Waals surface area contributed by atoms with Crippen LogP contribution in [0.3, 0.4) is 0 Å². The van der Waals surface area contributed by atoms with Gasteiger partial charge in [-0.2, -0.15) is 0 Å². The molecule has 0 aromatic rings. The van der Waals surface area contributed by atoms with Crippen LogP contribution in [0.1, 0.15) is 0 Å². The fourth-order valence-corrected chi connectivity index (χ4v) is 1.72. The van der Waals surface area contributed by atoms with Crippen LogP contribution in [0.25, 0.3) is 0 Å². The largest absolute Gasteiger partial charge is 0.478 e. The third kappa shape index (κ3) is 1.67. The van der Waals surface area contributed by atoms with Gasteiger partial charge in [0.05, 0.1) is 5.57 Å². The van der Waals surface area contributed by atoms with E-state index < -0.39 is 20.7 Å². The summed E-state index contributed by atoms with van der Waals surface area (Å²) in [5, 5.41) is 18.1. The summed E-state index contributed by atoms with van der Waals surface area (Å²) in [7, 11) is 0. The van der Waals surface area contributed by atoms with Gasteiger partial charge in [0.1, 0.15) is 0 Å². The van der Waals surface area contributed by atoms with E-state index in [0.29, 0.717) is 0 Å². The van der Waals surface area contributed by atoms with E-state index in [9.17, 15) is 14.9 Å². The summed E-state index contributed by atoms with van der Waals surface area (Å²) in [5.41, 5.74) is -0.206. The molecule has 0 aliphatic heterocycles. The molecule has 1 N–H and O–H groups in total. The molecule has 0 aromatic heterocycles. The highest BCUT2D eigenvalue weighted by Crippen LogP contribution is 2.36. The Hall–Kier alpha value is -0.880. The number of hydrogen-bond acceptors (Lipinski definition) is 3. The second-order valence-corrected chi connectivity index (χ2v) is 4.34. The standard InChI is InChI=1S/C7H5BrClNO4/c8-7(10(13)14)3-1-2-4(5(7)9)6(11)12/h1-3,5H,(H,11,12). The van der Waals surface area contributed by atoms with Gasteiger partial charge >= 0.3 is 10.4 Å². The molecule has 0 fully saturated rings. The highest BCUT2D eigenvalue weighted by atomic mass is 79.9. The molecule has 0 radical (unpaired) electrons. The van der Waals surface area contributed by atoms with Crippen molar-refractivity contribution >= 4 is 33.5 Å². The summed E-state index contributed by atoms with van der Waals surface area (Å²) in [6.45, 7) is 0. The Balaban J connectivity index is 3.11. The third-order valence-electron chi connectivity index (χ3n) is 1.76. The molecule has 1 aliphatic carbocycles. The molecule has 1 aliphatic rings. The zero-order valence-corrected chi connectivity index (χ0v) is 9.03. The molecule has 0 spiro atoms. The highest BCUT2D eigenvalue weighted by molar-refractivity contribution is 9.10. The van der Waals surface area contributed by atoms with Crippen molar-refractivity contribution in [2.45, 2.75) is 9.83 Å². The lowest BCUT2D eigenvalue weighted by atomic mass is 10.0. The number of aliphatic carboxylic acids is 1. The third-order valence-corrected chi connectivity index (χ3v) is 3.60. The van der Waals surface area contributed by atoms with Gasteiger partial charge in [0.2, 0.25) is 0 Å². The number of allylic oxidation sites excluding steroid dienone is 2. The monoisotopic (exact) mass is 281 g/mol. The summed E-state index contributed by atoms with van der Waals surface area (Å²) < 4.78 is -1.74. The van der Waals surface area contributed by atoms with Crippen LogP contribution < -0.4 is 0 Å². The Labute approximate surface area is 92.3 Å². The number of hydrogen-bond donors (Lipinski definition) is 1. The van der Waals surface area contributed by atoms with Crippen molar-refractivity contribution in [1.82, 2.24) is 0 Å². The molecular formula is C7H5BrClNO4. The number of nitro groups is 1. The number of carboxylic acid groups (broad SMARTS) is 1. The van der Waals surface area contributed by atoms with Gasteiger partial charge in [-0.25, -0.2) is 4.79 Å². The first-order valence-corrected chi connectivity index (χ1v) is 4.72. The molecule has 0 bridgehead atoms. The van der Waals surface area contributed by atoms with Gasteiger partial charge < -0.3 is 5.11 Å². The molecule has 14 heavy (non-hydrogen) atoms. The first-order chi connectivity index (χ1) is 6.39. The van der Waals surface area contributed by atoms with E-state index in [1.807, 2.05) is 0 Å². The maximum atomic E-state index is 10.7. The van der Waals surface area contributed by atoms with Crippen molar-refractivity contribution in [2.24, 2.45) is 0 Å². The van der Waals surface area contributed by atoms with E-state index in [1.165, 1.54) is 18.2 Å². The Kier molecular flexibility index (Phi) is 2.96. The SMILES string of the molecule is O=C(O)C1=CC=CC(Br)([N+](=O)[O-])C1Cl. The van der Waals surface area contributed by atoms with Crippen LogP contribution >= 0.6 is 27.5 Å². The van der Waals surface area contributed by atoms with Crippen LogP contribution in [-0.2, 0) is 4.79 Å². The van der Waals surface area contributed by atoms with Gasteiger partial charge in [0, 0.05) is 26.9 Å². The molecule has 76 valence electrons. The minimum absolute atomic E-state index is 0.206. The molecule has 0 heterocycles. The van der Waals surface area contributed by atoms with Gasteiger partial charge in [0.25, 0.3) is 0 Å². The van der Waals surface area contributed by atoms with Gasteiger partial charge in [-0.3, -0.25) is 10.1 Å². The number of carbonyl (C=O) groups is 1. The summed E-state index contributed by atoms with van der Waals surface area (Å²) >= 11 is 8.50. The van der Waals surface area contributed by atoms with E-state index in [1.54, 1.807) is 0 Å². The lowest BCUT2D eigenvalue weighted by Gasteiger charge is -2.23. The van der Waals surface area contributed by atoms with E-state index in [2.05, 4.69) is 15.9 Å². The minimum Gasteiger partial charge on any atom is -0.478 e. The van der Waals surface area contributed by atoms with E-state index in [4.69, 9.17) is 16.7 Å². The lowest BCUT2D eigenvalue weighted by molar-refractivity contribution is -0.520. The van der Waals surface area contributed by atoms with E-state index in [-0.39, 0.29) is 5.57 Å². The van der Waals surface area contributed by atoms with Crippen molar-refractivity contribution in [2.75, 3.05) is 0 Å². The Morgan fingerprint density at radius 3 is 2.79 bits per heavy atom. The number of alkyl halides is 2. The van der Waals surface area contributed by atoms with Gasteiger partial charge in [0.15, 0.2) is 5.38 Å². The molecule has 0 amide bonds. The average Bonchev–Trinajstić information content (AvgIpc) is 2.09. The molecule has 7 heteroatoms. The summed E-state index contributed by atoms with van der Waals surface area (Å²) in [4.78, 5) is 20.6. The van der Waals surface area contributed by atoms with Crippen molar-refractivity contribution in [3.05, 3.63) is 33.9 Å². The lowest BCUT2D eigenvalue weighted by Crippen LogP contribution is -2.42. The van der Waals surface area contributed by atoms with Crippen molar-refractivity contribution < 1.29 is 14.8 Å². The van der Waals surface area contributed by atoms with Crippen LogP contribution in [0.15, 0.2) is 23.8 Å². The Bertz CT molecular complexity index is 354. The average molecular weight is 282 g/mol. The van der Waals surface area contributed by atoms with Crippen LogP contribution in [0, 0.1) is 10.1 Å². The van der Waals surface area contributed by atoms with Crippen molar-refractivity contribution in [3.8, 4) is 0 Å². The summed E-state index contributed by atoms with van der Waals surface area (Å²) in [6.07, 6.45) is 3.74. The van der Waals surface area contributed by atoms with Gasteiger partial charge in [-0.05, 0) is 6.08 Å². The van der Waals surface area contributed by atoms with Gasteiger partial charge in [-0.1, -0.05) is 6.08 Å². The zero-order chi connectivity index (χ0) is 10.9. The van der Waals surface area contributed by atoms with E-state index in [0.717, 1.165) is 0 Å². The maximum absolute atomic E-state index is 10.7. The van der Waals surface area contributed by atoms with Crippen molar-refractivity contribution in [3.63, 3.8) is 0 Å². The van der Waals surface area contributed by atoms with Crippen molar-refractivity contribution in [1.29, 1.82) is 0 Å². The topological polar surface area (TPSA) is 80.4 Å². The highest BCUT2D eigenvalue weighted by Gasteiger charge is 2.49. The molecular weight excluding hydrogens is 277 g/mol. The molecule has 5 nitrogen and oxygen atoms in total. The maximum Gasteiger partial charge on any atom is 0.333 e. The molecule has 0 aromatic carbocycles. The second-order valence-electron chi connectivity index (χ2n) is 2.63. The molecule has 1 rings (SSSR count). The second kappa shape index (κ2) is 3.70. The number of halogens is 2.